The lowest BCUT2D eigenvalue weighted by Crippen LogP contribution is -2.12. The van der Waals surface area contributed by atoms with Crippen LogP contribution >= 0.6 is 11.3 Å². The van der Waals surface area contributed by atoms with Crippen molar-refractivity contribution >= 4 is 28.1 Å². The smallest absolute Gasteiger partial charge is 0.227 e. The molecule has 1 saturated carbocycles. The van der Waals surface area contributed by atoms with Crippen LogP contribution in [0.15, 0.2) is 29.6 Å². The number of thiazole rings is 1. The van der Waals surface area contributed by atoms with Gasteiger partial charge in [-0.3, -0.25) is 4.79 Å². The second-order valence-electron chi connectivity index (χ2n) is 4.63. The Morgan fingerprint density at radius 1 is 1.32 bits per heavy atom. The Hall–Kier alpha value is -1.88. The molecule has 4 nitrogen and oxygen atoms in total. The van der Waals surface area contributed by atoms with Gasteiger partial charge in [-0.15, -0.1) is 11.3 Å². The molecular weight excluding hydrogens is 258 g/mol. The molecule has 1 aliphatic rings. The summed E-state index contributed by atoms with van der Waals surface area (Å²) in [5.41, 5.74) is 2.86. The first-order valence-corrected chi connectivity index (χ1v) is 7.19. The Balaban J connectivity index is 1.72. The number of carbonyl (C=O) groups excluding carboxylic acids is 1. The minimum Gasteiger partial charge on any atom is -0.365 e. The highest BCUT2D eigenvalue weighted by molar-refractivity contribution is 7.14. The van der Waals surface area contributed by atoms with Crippen molar-refractivity contribution in [1.29, 1.82) is 0 Å². The fraction of sp³-hybridized carbons (Fsp3) is 0.286. The minimum absolute atomic E-state index is 0.138. The largest absolute Gasteiger partial charge is 0.365 e. The molecule has 1 aromatic carbocycles. The topological polar surface area (TPSA) is 54.0 Å². The molecule has 3 rings (SSSR count). The van der Waals surface area contributed by atoms with E-state index >= 15 is 0 Å². The van der Waals surface area contributed by atoms with Gasteiger partial charge in [0.15, 0.2) is 5.13 Å². The summed E-state index contributed by atoms with van der Waals surface area (Å²) in [6.45, 7) is 0. The van der Waals surface area contributed by atoms with Crippen LogP contribution < -0.4 is 10.6 Å². The fourth-order valence-corrected chi connectivity index (χ4v) is 2.52. The van der Waals surface area contributed by atoms with E-state index in [9.17, 15) is 4.79 Å². The molecule has 2 aromatic rings. The minimum atomic E-state index is 0.138. The number of nitrogens with one attached hydrogen (secondary N) is 2. The van der Waals surface area contributed by atoms with Crippen LogP contribution in [0.25, 0.3) is 11.3 Å². The van der Waals surface area contributed by atoms with Crippen molar-refractivity contribution in [3.8, 4) is 11.3 Å². The van der Waals surface area contributed by atoms with Gasteiger partial charge in [0.05, 0.1) is 5.69 Å². The van der Waals surface area contributed by atoms with Gasteiger partial charge < -0.3 is 10.6 Å². The average molecular weight is 273 g/mol. The van der Waals surface area contributed by atoms with E-state index in [1.165, 1.54) is 0 Å². The number of benzene rings is 1. The Kier molecular flexibility index (Phi) is 3.21. The summed E-state index contributed by atoms with van der Waals surface area (Å²) >= 11 is 1.58. The van der Waals surface area contributed by atoms with Crippen LogP contribution in [0.3, 0.4) is 0 Å². The van der Waals surface area contributed by atoms with E-state index in [2.05, 4.69) is 15.6 Å². The zero-order chi connectivity index (χ0) is 13.2. The van der Waals surface area contributed by atoms with Gasteiger partial charge in [-0.1, -0.05) is 12.1 Å². The van der Waals surface area contributed by atoms with Gasteiger partial charge in [0.2, 0.25) is 5.91 Å². The zero-order valence-electron chi connectivity index (χ0n) is 10.6. The number of nitrogens with zero attached hydrogens (tertiary/aromatic N) is 1. The lowest BCUT2D eigenvalue weighted by Gasteiger charge is -2.04. The Bertz CT molecular complexity index is 587. The third kappa shape index (κ3) is 2.76. The first-order chi connectivity index (χ1) is 9.26. The maximum absolute atomic E-state index is 11.6. The molecule has 0 atom stereocenters. The van der Waals surface area contributed by atoms with Crippen molar-refractivity contribution in [3.63, 3.8) is 0 Å². The van der Waals surface area contributed by atoms with E-state index < -0.39 is 0 Å². The molecule has 0 spiro atoms. The maximum Gasteiger partial charge on any atom is 0.227 e. The van der Waals surface area contributed by atoms with E-state index in [-0.39, 0.29) is 11.8 Å². The van der Waals surface area contributed by atoms with Crippen molar-refractivity contribution in [1.82, 2.24) is 4.98 Å². The summed E-state index contributed by atoms with van der Waals surface area (Å²) in [6, 6.07) is 7.82. The molecule has 0 bridgehead atoms. The Labute approximate surface area is 115 Å². The molecule has 1 aromatic heterocycles. The van der Waals surface area contributed by atoms with Crippen LogP contribution in [0, 0.1) is 5.92 Å². The fourth-order valence-electron chi connectivity index (χ4n) is 1.84. The molecular formula is C14H15N3OS. The normalized spacial score (nSPS) is 14.2. The Morgan fingerprint density at radius 2 is 2.05 bits per heavy atom. The number of hydrogen-bond donors (Lipinski definition) is 2. The molecule has 5 heteroatoms. The van der Waals surface area contributed by atoms with Gasteiger partial charge in [0.1, 0.15) is 0 Å². The molecule has 19 heavy (non-hydrogen) atoms. The second-order valence-corrected chi connectivity index (χ2v) is 5.49. The van der Waals surface area contributed by atoms with Crippen LogP contribution in [-0.4, -0.2) is 17.9 Å². The van der Waals surface area contributed by atoms with Crippen LogP contribution in [0.4, 0.5) is 10.8 Å². The molecule has 0 saturated heterocycles. The number of aromatic nitrogens is 1. The quantitative estimate of drug-likeness (QED) is 0.899. The monoisotopic (exact) mass is 273 g/mol. The van der Waals surface area contributed by atoms with Crippen molar-refractivity contribution in [2.75, 3.05) is 17.7 Å². The SMILES string of the molecule is CNc1nc(-c2ccc(NC(=O)C3CC3)cc2)cs1. The first-order valence-electron chi connectivity index (χ1n) is 6.31. The van der Waals surface area contributed by atoms with Crippen molar-refractivity contribution in [3.05, 3.63) is 29.6 Å². The summed E-state index contributed by atoms with van der Waals surface area (Å²) in [5, 5.41) is 8.88. The molecule has 0 unspecified atom stereocenters. The second kappa shape index (κ2) is 5.01. The van der Waals surface area contributed by atoms with Crippen LogP contribution in [-0.2, 0) is 4.79 Å². The molecule has 2 N–H and O–H groups in total. The molecule has 0 radical (unpaired) electrons. The van der Waals surface area contributed by atoms with Crippen molar-refractivity contribution < 1.29 is 4.79 Å². The summed E-state index contributed by atoms with van der Waals surface area (Å²) in [7, 11) is 1.86. The van der Waals surface area contributed by atoms with Gasteiger partial charge in [0.25, 0.3) is 0 Å². The number of rotatable bonds is 4. The summed E-state index contributed by atoms with van der Waals surface area (Å²) in [4.78, 5) is 16.1. The number of amides is 1. The van der Waals surface area contributed by atoms with E-state index in [1.807, 2.05) is 36.7 Å². The molecule has 1 heterocycles. The van der Waals surface area contributed by atoms with Gasteiger partial charge in [-0.05, 0) is 25.0 Å². The standard InChI is InChI=1S/C14H15N3OS/c1-15-14-17-12(8-19-14)9-4-6-11(7-5-9)16-13(18)10-2-3-10/h4-8,10H,2-3H2,1H3,(H,15,17)(H,16,18). The average Bonchev–Trinajstić information content (AvgIpc) is 3.18. The molecule has 0 aliphatic heterocycles. The van der Waals surface area contributed by atoms with Gasteiger partial charge in [-0.2, -0.15) is 0 Å². The van der Waals surface area contributed by atoms with Crippen LogP contribution in [0.2, 0.25) is 0 Å². The van der Waals surface area contributed by atoms with E-state index in [4.69, 9.17) is 0 Å². The molecule has 98 valence electrons. The predicted molar refractivity (Wildman–Crippen MR) is 78.5 cm³/mol. The first kappa shape index (κ1) is 12.2. The molecule has 1 aliphatic carbocycles. The highest BCUT2D eigenvalue weighted by Gasteiger charge is 2.29. The number of hydrogen-bond acceptors (Lipinski definition) is 4. The van der Waals surface area contributed by atoms with Gasteiger partial charge >= 0.3 is 0 Å². The highest BCUT2D eigenvalue weighted by Crippen LogP contribution is 2.30. The number of carbonyl (C=O) groups is 1. The van der Waals surface area contributed by atoms with Gasteiger partial charge in [-0.25, -0.2) is 4.98 Å². The summed E-state index contributed by atoms with van der Waals surface area (Å²) in [6.07, 6.45) is 2.05. The lowest BCUT2D eigenvalue weighted by molar-refractivity contribution is -0.117. The third-order valence-corrected chi connectivity index (χ3v) is 3.97. The lowest BCUT2D eigenvalue weighted by atomic mass is 10.1. The van der Waals surface area contributed by atoms with Crippen LogP contribution in [0.1, 0.15) is 12.8 Å². The Morgan fingerprint density at radius 3 is 2.63 bits per heavy atom. The van der Waals surface area contributed by atoms with Gasteiger partial charge in [0, 0.05) is 29.6 Å². The van der Waals surface area contributed by atoms with Crippen LogP contribution in [0.5, 0.6) is 0 Å². The summed E-state index contributed by atoms with van der Waals surface area (Å²) in [5.74, 6) is 0.371. The zero-order valence-corrected chi connectivity index (χ0v) is 11.5. The van der Waals surface area contributed by atoms with E-state index in [0.717, 1.165) is 34.9 Å². The van der Waals surface area contributed by atoms with Crippen molar-refractivity contribution in [2.45, 2.75) is 12.8 Å². The van der Waals surface area contributed by atoms with Crippen molar-refractivity contribution in [2.24, 2.45) is 5.92 Å². The third-order valence-electron chi connectivity index (χ3n) is 3.11. The maximum atomic E-state index is 11.6. The van der Waals surface area contributed by atoms with E-state index in [1.54, 1.807) is 11.3 Å². The number of anilines is 2. The molecule has 1 fully saturated rings. The predicted octanol–water partition coefficient (Wildman–Crippen LogP) is 3.20. The molecule has 1 amide bonds. The van der Waals surface area contributed by atoms with E-state index in [0.29, 0.717) is 0 Å². The highest BCUT2D eigenvalue weighted by atomic mass is 32.1. The summed E-state index contributed by atoms with van der Waals surface area (Å²) < 4.78 is 0.